The van der Waals surface area contributed by atoms with Crippen LogP contribution in [0.3, 0.4) is 0 Å². The molecule has 2 saturated carbocycles. The van der Waals surface area contributed by atoms with Crippen LogP contribution >= 0.6 is 0 Å². The van der Waals surface area contributed by atoms with E-state index in [1.807, 2.05) is 6.20 Å². The molecule has 2 bridgehead atoms. The molecule has 2 fully saturated rings. The predicted octanol–water partition coefficient (Wildman–Crippen LogP) is 3.79. The van der Waals surface area contributed by atoms with Gasteiger partial charge >= 0.3 is 0 Å². The van der Waals surface area contributed by atoms with E-state index >= 15 is 0 Å². The third-order valence-corrected chi connectivity index (χ3v) is 5.25. The van der Waals surface area contributed by atoms with Crippen LogP contribution in [-0.4, -0.2) is 4.98 Å². The molecule has 2 aliphatic rings. The van der Waals surface area contributed by atoms with Crippen molar-refractivity contribution in [3.05, 3.63) is 29.6 Å². The molecule has 0 aliphatic heterocycles. The van der Waals surface area contributed by atoms with Gasteiger partial charge in [-0.2, -0.15) is 0 Å². The van der Waals surface area contributed by atoms with E-state index in [0.29, 0.717) is 0 Å². The molecule has 0 radical (unpaired) electrons. The summed E-state index contributed by atoms with van der Waals surface area (Å²) in [7, 11) is 0. The highest BCUT2D eigenvalue weighted by Gasteiger charge is 2.48. The molecular formula is C15H21N. The van der Waals surface area contributed by atoms with Crippen molar-refractivity contribution in [3.63, 3.8) is 0 Å². The molecule has 0 saturated heterocycles. The average molecular weight is 215 g/mol. The van der Waals surface area contributed by atoms with E-state index in [0.717, 1.165) is 29.6 Å². The SMILES string of the molecule is Cc1cc(C2CC3CC2C(C)C3C)ccn1. The van der Waals surface area contributed by atoms with Crippen molar-refractivity contribution in [1.82, 2.24) is 4.98 Å². The second-order valence-corrected chi connectivity index (χ2v) is 5.95. The van der Waals surface area contributed by atoms with E-state index in [2.05, 4.69) is 37.9 Å². The summed E-state index contributed by atoms with van der Waals surface area (Å²) in [6.45, 7) is 7.00. The van der Waals surface area contributed by atoms with Gasteiger partial charge in [0.1, 0.15) is 0 Å². The third-order valence-electron chi connectivity index (χ3n) is 5.25. The highest BCUT2D eigenvalue weighted by atomic mass is 14.7. The van der Waals surface area contributed by atoms with Crippen molar-refractivity contribution in [3.8, 4) is 0 Å². The Morgan fingerprint density at radius 3 is 2.62 bits per heavy atom. The molecule has 16 heavy (non-hydrogen) atoms. The second-order valence-electron chi connectivity index (χ2n) is 5.95. The minimum absolute atomic E-state index is 0.817. The average Bonchev–Trinajstić information content (AvgIpc) is 2.80. The Morgan fingerprint density at radius 1 is 1.19 bits per heavy atom. The molecule has 2 aliphatic carbocycles. The minimum Gasteiger partial charge on any atom is -0.262 e. The van der Waals surface area contributed by atoms with Gasteiger partial charge in [-0.1, -0.05) is 13.8 Å². The lowest BCUT2D eigenvalue weighted by atomic mass is 9.73. The normalized spacial score (nSPS) is 41.6. The van der Waals surface area contributed by atoms with Crippen LogP contribution < -0.4 is 0 Å². The van der Waals surface area contributed by atoms with Crippen molar-refractivity contribution in [2.45, 2.75) is 39.5 Å². The minimum atomic E-state index is 0.817. The number of hydrogen-bond acceptors (Lipinski definition) is 1. The maximum atomic E-state index is 4.31. The zero-order chi connectivity index (χ0) is 11.3. The first-order chi connectivity index (χ1) is 7.66. The quantitative estimate of drug-likeness (QED) is 0.694. The molecular weight excluding hydrogens is 194 g/mol. The number of aromatic nitrogens is 1. The monoisotopic (exact) mass is 215 g/mol. The maximum absolute atomic E-state index is 4.31. The van der Waals surface area contributed by atoms with E-state index in [-0.39, 0.29) is 0 Å². The molecule has 86 valence electrons. The lowest BCUT2D eigenvalue weighted by Gasteiger charge is -2.32. The molecule has 0 spiro atoms. The smallest absolute Gasteiger partial charge is 0.0375 e. The molecule has 0 amide bonds. The topological polar surface area (TPSA) is 12.9 Å². The molecule has 1 aromatic rings. The van der Waals surface area contributed by atoms with E-state index in [9.17, 15) is 0 Å². The van der Waals surface area contributed by atoms with Crippen molar-refractivity contribution >= 4 is 0 Å². The zero-order valence-corrected chi connectivity index (χ0v) is 10.5. The summed E-state index contributed by atoms with van der Waals surface area (Å²) in [6.07, 6.45) is 4.86. The van der Waals surface area contributed by atoms with Crippen molar-refractivity contribution in [2.24, 2.45) is 23.7 Å². The van der Waals surface area contributed by atoms with Gasteiger partial charge in [-0.25, -0.2) is 0 Å². The number of pyridine rings is 1. The summed E-state index contributed by atoms with van der Waals surface area (Å²) in [6, 6.07) is 4.53. The third kappa shape index (κ3) is 1.41. The van der Waals surface area contributed by atoms with Gasteiger partial charge in [-0.05, 0) is 67.1 Å². The Morgan fingerprint density at radius 2 is 2.00 bits per heavy atom. The van der Waals surface area contributed by atoms with Gasteiger partial charge in [0.25, 0.3) is 0 Å². The van der Waals surface area contributed by atoms with Crippen LogP contribution in [-0.2, 0) is 0 Å². The van der Waals surface area contributed by atoms with Gasteiger partial charge in [0, 0.05) is 11.9 Å². The fraction of sp³-hybridized carbons (Fsp3) is 0.667. The van der Waals surface area contributed by atoms with E-state index in [4.69, 9.17) is 0 Å². The van der Waals surface area contributed by atoms with Crippen molar-refractivity contribution in [1.29, 1.82) is 0 Å². The first-order valence-corrected chi connectivity index (χ1v) is 6.59. The Bertz CT molecular complexity index is 396. The Labute approximate surface area is 98.3 Å². The molecule has 3 rings (SSSR count). The summed E-state index contributed by atoms with van der Waals surface area (Å²) in [5.74, 6) is 4.60. The largest absolute Gasteiger partial charge is 0.262 e. The number of nitrogens with zero attached hydrogens (tertiary/aromatic N) is 1. The maximum Gasteiger partial charge on any atom is 0.0375 e. The van der Waals surface area contributed by atoms with Gasteiger partial charge < -0.3 is 0 Å². The summed E-state index contributed by atoms with van der Waals surface area (Å²) >= 11 is 0. The van der Waals surface area contributed by atoms with Crippen LogP contribution in [0, 0.1) is 30.6 Å². The van der Waals surface area contributed by atoms with Crippen LogP contribution in [0.4, 0.5) is 0 Å². The molecule has 5 unspecified atom stereocenters. The first kappa shape index (κ1) is 10.3. The summed E-state index contributed by atoms with van der Waals surface area (Å²) in [5, 5.41) is 0. The standard InChI is InChI=1S/C15H21N/c1-9-6-12(4-5-16-9)15-8-13-7-14(15)11(3)10(13)2/h4-6,10-11,13-15H,7-8H2,1-3H3. The Kier molecular flexibility index (Phi) is 2.31. The second kappa shape index (κ2) is 3.58. The lowest BCUT2D eigenvalue weighted by molar-refractivity contribution is 0.232. The van der Waals surface area contributed by atoms with Gasteiger partial charge in [-0.3, -0.25) is 4.98 Å². The summed E-state index contributed by atoms with van der Waals surface area (Å²) < 4.78 is 0. The summed E-state index contributed by atoms with van der Waals surface area (Å²) in [4.78, 5) is 4.31. The van der Waals surface area contributed by atoms with E-state index < -0.39 is 0 Å². The van der Waals surface area contributed by atoms with Crippen molar-refractivity contribution < 1.29 is 0 Å². The highest BCUT2D eigenvalue weighted by Crippen LogP contribution is 2.58. The van der Waals surface area contributed by atoms with Gasteiger partial charge in [0.05, 0.1) is 0 Å². The van der Waals surface area contributed by atoms with Crippen LogP contribution in [0.1, 0.15) is 43.9 Å². The molecule has 1 heteroatoms. The Balaban J connectivity index is 1.89. The molecule has 0 aromatic carbocycles. The van der Waals surface area contributed by atoms with Crippen LogP contribution in [0.5, 0.6) is 0 Å². The zero-order valence-electron chi connectivity index (χ0n) is 10.5. The number of rotatable bonds is 1. The fourth-order valence-corrected chi connectivity index (χ4v) is 4.12. The molecule has 1 aromatic heterocycles. The molecule has 1 nitrogen and oxygen atoms in total. The van der Waals surface area contributed by atoms with Crippen LogP contribution in [0.15, 0.2) is 18.3 Å². The molecule has 5 atom stereocenters. The van der Waals surface area contributed by atoms with E-state index in [1.165, 1.54) is 18.5 Å². The van der Waals surface area contributed by atoms with Gasteiger partial charge in [-0.15, -0.1) is 0 Å². The molecule has 0 N–H and O–H groups in total. The number of aryl methyl sites for hydroxylation is 1. The first-order valence-electron chi connectivity index (χ1n) is 6.59. The number of fused-ring (bicyclic) bond motifs is 2. The van der Waals surface area contributed by atoms with Gasteiger partial charge in [0.15, 0.2) is 0 Å². The predicted molar refractivity (Wildman–Crippen MR) is 66.3 cm³/mol. The lowest BCUT2D eigenvalue weighted by Crippen LogP contribution is -2.23. The van der Waals surface area contributed by atoms with Crippen molar-refractivity contribution in [2.75, 3.05) is 0 Å². The van der Waals surface area contributed by atoms with E-state index in [1.54, 1.807) is 5.56 Å². The van der Waals surface area contributed by atoms with Crippen LogP contribution in [0.25, 0.3) is 0 Å². The highest BCUT2D eigenvalue weighted by molar-refractivity contribution is 5.24. The molecule has 1 heterocycles. The summed E-state index contributed by atoms with van der Waals surface area (Å²) in [5.41, 5.74) is 2.71. The number of hydrogen-bond donors (Lipinski definition) is 0. The van der Waals surface area contributed by atoms with Crippen LogP contribution in [0.2, 0.25) is 0 Å². The fourth-order valence-electron chi connectivity index (χ4n) is 4.12. The van der Waals surface area contributed by atoms with Gasteiger partial charge in [0.2, 0.25) is 0 Å². The Hall–Kier alpha value is -0.850.